The predicted octanol–water partition coefficient (Wildman–Crippen LogP) is 2.73. The molecular weight excluding hydrogens is 508 g/mol. The lowest BCUT2D eigenvalue weighted by Gasteiger charge is -2.32. The lowest BCUT2D eigenvalue weighted by molar-refractivity contribution is -0.141. The number of amides is 3. The molecule has 2 aromatic rings. The van der Waals surface area contributed by atoms with E-state index in [2.05, 4.69) is 16.0 Å². The fourth-order valence-corrected chi connectivity index (χ4v) is 5.11. The number of aryl methyl sites for hydroxylation is 1. The normalized spacial score (nSPS) is 26.4. The van der Waals surface area contributed by atoms with E-state index in [1.807, 2.05) is 38.1 Å². The van der Waals surface area contributed by atoms with E-state index >= 15 is 0 Å². The average Bonchev–Trinajstić information content (AvgIpc) is 3.78. The van der Waals surface area contributed by atoms with Gasteiger partial charge in [-0.15, -0.1) is 0 Å². The molecule has 216 valence electrons. The first kappa shape index (κ1) is 29.4. The second-order valence-corrected chi connectivity index (χ2v) is 11.1. The molecule has 2 aliphatic rings. The Balaban J connectivity index is 1.59. The number of para-hydroxylation sites is 1. The Morgan fingerprint density at radius 2 is 1.70 bits per heavy atom. The Morgan fingerprint density at radius 3 is 2.40 bits per heavy atom. The van der Waals surface area contributed by atoms with Crippen LogP contribution in [-0.2, 0) is 20.8 Å². The van der Waals surface area contributed by atoms with Crippen molar-refractivity contribution in [2.75, 3.05) is 20.1 Å². The number of fused-ring (bicyclic) bond motifs is 1. The Labute approximate surface area is 236 Å². The van der Waals surface area contributed by atoms with Crippen molar-refractivity contribution in [1.82, 2.24) is 20.9 Å². The van der Waals surface area contributed by atoms with Gasteiger partial charge in [-0.3, -0.25) is 14.4 Å². The third kappa shape index (κ3) is 7.33. The molecule has 2 aromatic carbocycles. The first-order valence-electron chi connectivity index (χ1n) is 14.3. The number of carbonyl (C=O) groups excluding carboxylic acids is 3. The molecule has 1 saturated carbocycles. The molecule has 1 unspecified atom stereocenters. The van der Waals surface area contributed by atoms with Crippen molar-refractivity contribution >= 4 is 17.7 Å². The van der Waals surface area contributed by atoms with E-state index < -0.39 is 24.0 Å². The fourth-order valence-electron chi connectivity index (χ4n) is 5.11. The number of likely N-dealkylation sites (N-methyl/N-ethyl adjacent to an activating group) is 1. The maximum absolute atomic E-state index is 13.6. The summed E-state index contributed by atoms with van der Waals surface area (Å²) >= 11 is 0. The largest absolute Gasteiger partial charge is 0.508 e. The Morgan fingerprint density at radius 1 is 1.00 bits per heavy atom. The summed E-state index contributed by atoms with van der Waals surface area (Å²) in [6.07, 6.45) is 3.17. The number of phenols is 1. The third-order valence-electron chi connectivity index (χ3n) is 8.01. The molecule has 0 saturated heterocycles. The van der Waals surface area contributed by atoms with Crippen molar-refractivity contribution in [3.05, 3.63) is 59.7 Å². The van der Waals surface area contributed by atoms with Gasteiger partial charge in [-0.2, -0.15) is 0 Å². The summed E-state index contributed by atoms with van der Waals surface area (Å²) in [5.74, 6) is -0.0692. The lowest BCUT2D eigenvalue weighted by atomic mass is 9.92. The molecule has 4 rings (SSSR count). The molecule has 9 nitrogen and oxygen atoms in total. The maximum atomic E-state index is 13.6. The monoisotopic (exact) mass is 550 g/mol. The van der Waals surface area contributed by atoms with Gasteiger partial charge in [0.2, 0.25) is 17.7 Å². The number of ether oxygens (including phenoxy) is 1. The molecule has 9 heteroatoms. The first-order chi connectivity index (χ1) is 19.2. The molecule has 1 aliphatic heterocycles. The predicted molar refractivity (Wildman–Crippen MR) is 153 cm³/mol. The summed E-state index contributed by atoms with van der Waals surface area (Å²) in [5.41, 5.74) is 1.85. The first-order valence-corrected chi connectivity index (χ1v) is 14.3. The average molecular weight is 551 g/mol. The molecule has 0 spiro atoms. The van der Waals surface area contributed by atoms with Crippen LogP contribution in [0.4, 0.5) is 0 Å². The molecular formula is C31H42N4O5. The molecule has 0 bridgehead atoms. The lowest BCUT2D eigenvalue weighted by Crippen LogP contribution is -2.57. The highest BCUT2D eigenvalue weighted by molar-refractivity contribution is 5.93. The number of aromatic hydroxyl groups is 1. The SMILES string of the molecule is CC(c1ccc(O)cc1)[C@H]1NC(=O)[C@@H](C)N(C)C(=O)[C@H](C2CC2)NC[C@@H](C)Oc2ccccc2CCCNC1=O. The number of phenolic OH excluding ortho intramolecular Hbond substituents is 1. The van der Waals surface area contributed by atoms with Gasteiger partial charge >= 0.3 is 0 Å². The zero-order valence-corrected chi connectivity index (χ0v) is 23.9. The van der Waals surface area contributed by atoms with Gasteiger partial charge in [0, 0.05) is 26.1 Å². The van der Waals surface area contributed by atoms with Crippen LogP contribution in [0.25, 0.3) is 0 Å². The topological polar surface area (TPSA) is 120 Å². The number of nitrogens with zero attached hydrogens (tertiary/aromatic N) is 1. The standard InChI is InChI=1S/C31H42N4O5/c1-19-18-33-28(24-11-12-24)31(39)35(4)21(3)29(37)34-27(20(2)22-13-15-25(36)16-14-22)30(38)32-17-7-9-23-8-5-6-10-26(23)40-19/h5-6,8,10,13-16,19-21,24,27-28,33,36H,7,9,11-12,17-18H2,1-4H3,(H,32,38)(H,34,37)/t19-,20?,21-,27-,28+/m1/s1. The van der Waals surface area contributed by atoms with Gasteiger partial charge in [-0.25, -0.2) is 0 Å². The summed E-state index contributed by atoms with van der Waals surface area (Å²) in [4.78, 5) is 41.9. The molecule has 0 radical (unpaired) electrons. The van der Waals surface area contributed by atoms with Gasteiger partial charge in [0.1, 0.15) is 29.7 Å². The van der Waals surface area contributed by atoms with Crippen LogP contribution in [-0.4, -0.2) is 72.1 Å². The molecule has 5 atom stereocenters. The number of carbonyl (C=O) groups is 3. The number of nitrogens with one attached hydrogen (secondary N) is 3. The molecule has 1 fully saturated rings. The van der Waals surface area contributed by atoms with E-state index in [9.17, 15) is 19.5 Å². The van der Waals surface area contributed by atoms with Crippen molar-refractivity contribution in [3.8, 4) is 11.5 Å². The quantitative estimate of drug-likeness (QED) is 0.467. The van der Waals surface area contributed by atoms with E-state index in [1.165, 1.54) is 4.90 Å². The van der Waals surface area contributed by atoms with Crippen LogP contribution in [0, 0.1) is 5.92 Å². The highest BCUT2D eigenvalue weighted by Gasteiger charge is 2.40. The Kier molecular flexibility index (Phi) is 9.68. The zero-order valence-electron chi connectivity index (χ0n) is 23.9. The van der Waals surface area contributed by atoms with E-state index in [-0.39, 0.29) is 35.5 Å². The highest BCUT2D eigenvalue weighted by atomic mass is 16.5. The van der Waals surface area contributed by atoms with E-state index in [1.54, 1.807) is 38.2 Å². The van der Waals surface area contributed by atoms with Crippen molar-refractivity contribution in [2.24, 2.45) is 5.92 Å². The minimum Gasteiger partial charge on any atom is -0.508 e. The van der Waals surface area contributed by atoms with Gasteiger partial charge in [0.05, 0.1) is 6.04 Å². The highest BCUT2D eigenvalue weighted by Crippen LogP contribution is 2.34. The van der Waals surface area contributed by atoms with Crippen LogP contribution in [0.1, 0.15) is 57.1 Å². The van der Waals surface area contributed by atoms with E-state index in [0.29, 0.717) is 25.9 Å². The molecule has 0 aromatic heterocycles. The van der Waals surface area contributed by atoms with Crippen molar-refractivity contribution in [2.45, 2.75) is 76.6 Å². The summed E-state index contributed by atoms with van der Waals surface area (Å²) in [7, 11) is 1.64. The number of hydrogen-bond donors (Lipinski definition) is 4. The summed E-state index contributed by atoms with van der Waals surface area (Å²) < 4.78 is 6.26. The van der Waals surface area contributed by atoms with Gasteiger partial charge in [0.25, 0.3) is 0 Å². The van der Waals surface area contributed by atoms with E-state index in [4.69, 9.17) is 4.74 Å². The smallest absolute Gasteiger partial charge is 0.243 e. The minimum atomic E-state index is -0.865. The van der Waals surface area contributed by atoms with Crippen LogP contribution in [0.5, 0.6) is 11.5 Å². The summed E-state index contributed by atoms with van der Waals surface area (Å²) in [6, 6.07) is 12.5. The van der Waals surface area contributed by atoms with Gasteiger partial charge < -0.3 is 30.7 Å². The van der Waals surface area contributed by atoms with Crippen LogP contribution >= 0.6 is 0 Å². The van der Waals surface area contributed by atoms with Crippen molar-refractivity contribution in [3.63, 3.8) is 0 Å². The van der Waals surface area contributed by atoms with Crippen LogP contribution < -0.4 is 20.7 Å². The van der Waals surface area contributed by atoms with Crippen LogP contribution in [0.3, 0.4) is 0 Å². The second-order valence-electron chi connectivity index (χ2n) is 11.1. The molecule has 4 N–H and O–H groups in total. The number of rotatable bonds is 3. The zero-order chi connectivity index (χ0) is 28.8. The molecule has 1 heterocycles. The summed E-state index contributed by atoms with van der Waals surface area (Å²) in [6.45, 7) is 6.45. The van der Waals surface area contributed by atoms with Gasteiger partial charge in [0.15, 0.2) is 0 Å². The van der Waals surface area contributed by atoms with Crippen LogP contribution in [0.15, 0.2) is 48.5 Å². The molecule has 40 heavy (non-hydrogen) atoms. The second kappa shape index (κ2) is 13.2. The van der Waals surface area contributed by atoms with Crippen LogP contribution in [0.2, 0.25) is 0 Å². The van der Waals surface area contributed by atoms with Gasteiger partial charge in [-0.1, -0.05) is 37.3 Å². The van der Waals surface area contributed by atoms with Gasteiger partial charge in [-0.05, 0) is 74.8 Å². The maximum Gasteiger partial charge on any atom is 0.243 e. The summed E-state index contributed by atoms with van der Waals surface area (Å²) in [5, 5.41) is 19.0. The minimum absolute atomic E-state index is 0.125. The third-order valence-corrected chi connectivity index (χ3v) is 8.01. The Hall–Kier alpha value is -3.59. The fraction of sp³-hybridized carbons (Fsp3) is 0.516. The van der Waals surface area contributed by atoms with Crippen molar-refractivity contribution < 1.29 is 24.2 Å². The molecule has 3 amide bonds. The number of benzene rings is 2. The molecule has 1 aliphatic carbocycles. The van der Waals surface area contributed by atoms with E-state index in [0.717, 1.165) is 29.7 Å². The number of hydrogen-bond acceptors (Lipinski definition) is 6. The Bertz CT molecular complexity index is 1180. The van der Waals surface area contributed by atoms with Crippen molar-refractivity contribution in [1.29, 1.82) is 0 Å².